The maximum atomic E-state index is 13.6. The Morgan fingerprint density at radius 2 is 1.18 bits per heavy atom. The van der Waals surface area contributed by atoms with Crippen molar-refractivity contribution in [3.8, 4) is 0 Å². The minimum atomic E-state index is -1.08. The predicted molar refractivity (Wildman–Crippen MR) is 137 cm³/mol. The molecule has 5 heteroatoms. The highest BCUT2D eigenvalue weighted by atomic mass is 19.2. The number of aryl methyl sites for hydroxylation is 1. The SMILES string of the molecule is CCCCCCCCC(CCCCc1ccc(F)c(F)c1)C(OC(C)C)(OC(C)C)OC(C)C. The standard InChI is InChI=1S/C29H50F2O3/c1-8-9-10-11-12-13-17-26(18-15-14-16-25-19-20-27(30)28(31)21-25)29(32-22(2)3,33-23(4)5)34-24(6)7/h19-24,26H,8-18H2,1-7H3. The van der Waals surface area contributed by atoms with E-state index in [1.54, 1.807) is 6.07 Å². The molecule has 0 aliphatic rings. The molecule has 0 spiro atoms. The summed E-state index contributed by atoms with van der Waals surface area (Å²) < 4.78 is 46.1. The van der Waals surface area contributed by atoms with E-state index in [0.717, 1.165) is 44.1 Å². The normalized spacial score (nSPS) is 13.4. The Labute approximate surface area is 207 Å². The Morgan fingerprint density at radius 3 is 1.68 bits per heavy atom. The van der Waals surface area contributed by atoms with E-state index >= 15 is 0 Å². The maximum Gasteiger partial charge on any atom is 0.286 e. The molecule has 198 valence electrons. The molecule has 34 heavy (non-hydrogen) atoms. The summed E-state index contributed by atoms with van der Waals surface area (Å²) in [6.45, 7) is 14.4. The van der Waals surface area contributed by atoms with E-state index in [2.05, 4.69) is 6.92 Å². The molecule has 1 aromatic carbocycles. The van der Waals surface area contributed by atoms with Gasteiger partial charge in [0, 0.05) is 5.92 Å². The summed E-state index contributed by atoms with van der Waals surface area (Å²) in [5, 5.41) is 0. The van der Waals surface area contributed by atoms with Crippen molar-refractivity contribution in [2.75, 3.05) is 0 Å². The van der Waals surface area contributed by atoms with Crippen LogP contribution in [-0.2, 0) is 20.6 Å². The summed E-state index contributed by atoms with van der Waals surface area (Å²) in [5.74, 6) is -2.56. The molecule has 0 aliphatic heterocycles. The number of hydrogen-bond acceptors (Lipinski definition) is 3. The third kappa shape index (κ3) is 12.1. The van der Waals surface area contributed by atoms with Gasteiger partial charge in [-0.2, -0.15) is 0 Å². The van der Waals surface area contributed by atoms with Gasteiger partial charge >= 0.3 is 0 Å². The minimum Gasteiger partial charge on any atom is -0.324 e. The molecule has 0 amide bonds. The van der Waals surface area contributed by atoms with Crippen molar-refractivity contribution < 1.29 is 23.0 Å². The quantitative estimate of drug-likeness (QED) is 0.145. The van der Waals surface area contributed by atoms with Gasteiger partial charge in [0.25, 0.3) is 5.97 Å². The number of ether oxygens (including phenoxy) is 3. The third-order valence-corrected chi connectivity index (χ3v) is 5.86. The van der Waals surface area contributed by atoms with Crippen molar-refractivity contribution in [3.05, 3.63) is 35.4 Å². The fourth-order valence-corrected chi connectivity index (χ4v) is 4.44. The third-order valence-electron chi connectivity index (χ3n) is 5.86. The van der Waals surface area contributed by atoms with E-state index < -0.39 is 17.6 Å². The van der Waals surface area contributed by atoms with E-state index in [4.69, 9.17) is 14.2 Å². The predicted octanol–water partition coefficient (Wildman–Crippen LogP) is 8.97. The van der Waals surface area contributed by atoms with Gasteiger partial charge in [0.1, 0.15) is 0 Å². The highest BCUT2D eigenvalue weighted by Crippen LogP contribution is 2.37. The first kappa shape index (κ1) is 31.0. The van der Waals surface area contributed by atoms with Gasteiger partial charge in [-0.05, 0) is 84.9 Å². The number of hydrogen-bond donors (Lipinski definition) is 0. The lowest BCUT2D eigenvalue weighted by molar-refractivity contribution is -0.433. The Morgan fingerprint density at radius 1 is 0.676 bits per heavy atom. The maximum absolute atomic E-state index is 13.6. The first-order chi connectivity index (χ1) is 16.1. The fraction of sp³-hybridized carbons (Fsp3) is 0.793. The van der Waals surface area contributed by atoms with Gasteiger partial charge in [0.15, 0.2) is 11.6 Å². The van der Waals surface area contributed by atoms with Gasteiger partial charge in [0.2, 0.25) is 0 Å². The van der Waals surface area contributed by atoms with Crippen molar-refractivity contribution >= 4 is 0 Å². The van der Waals surface area contributed by atoms with Crippen molar-refractivity contribution in [2.24, 2.45) is 5.92 Å². The van der Waals surface area contributed by atoms with E-state index in [1.165, 1.54) is 44.2 Å². The van der Waals surface area contributed by atoms with Crippen molar-refractivity contribution in [1.82, 2.24) is 0 Å². The van der Waals surface area contributed by atoms with Crippen LogP contribution in [0, 0.1) is 17.6 Å². The number of rotatable bonds is 19. The monoisotopic (exact) mass is 484 g/mol. The summed E-state index contributed by atoms with van der Waals surface area (Å²) in [4.78, 5) is 0. The van der Waals surface area contributed by atoms with E-state index in [0.29, 0.717) is 0 Å². The molecule has 0 aliphatic carbocycles. The second-order valence-electron chi connectivity index (χ2n) is 10.4. The van der Waals surface area contributed by atoms with Crippen LogP contribution in [0.2, 0.25) is 0 Å². The van der Waals surface area contributed by atoms with Gasteiger partial charge in [-0.15, -0.1) is 0 Å². The van der Waals surface area contributed by atoms with Gasteiger partial charge in [0.05, 0.1) is 18.3 Å². The molecular formula is C29H50F2O3. The molecule has 0 bridgehead atoms. The lowest BCUT2D eigenvalue weighted by atomic mass is 9.91. The molecule has 0 N–H and O–H groups in total. The largest absolute Gasteiger partial charge is 0.324 e. The average Bonchev–Trinajstić information content (AvgIpc) is 2.72. The first-order valence-corrected chi connectivity index (χ1v) is 13.6. The van der Waals surface area contributed by atoms with Gasteiger partial charge in [-0.3, -0.25) is 0 Å². The number of unbranched alkanes of at least 4 members (excludes halogenated alkanes) is 6. The minimum absolute atomic E-state index is 0.0354. The molecule has 0 aromatic heterocycles. The van der Waals surface area contributed by atoms with Crippen LogP contribution >= 0.6 is 0 Å². The van der Waals surface area contributed by atoms with Crippen LogP contribution in [0.3, 0.4) is 0 Å². The molecule has 1 rings (SSSR count). The van der Waals surface area contributed by atoms with Crippen LogP contribution in [-0.4, -0.2) is 24.3 Å². The Hall–Kier alpha value is -1.04. The van der Waals surface area contributed by atoms with Crippen LogP contribution in [0.15, 0.2) is 18.2 Å². The summed E-state index contributed by atoms with van der Waals surface area (Å²) in [7, 11) is 0. The Kier molecular flexibility index (Phi) is 15.1. The van der Waals surface area contributed by atoms with Crippen LogP contribution in [0.25, 0.3) is 0 Å². The molecule has 0 heterocycles. The van der Waals surface area contributed by atoms with E-state index in [-0.39, 0.29) is 24.2 Å². The van der Waals surface area contributed by atoms with E-state index in [1.807, 2.05) is 41.5 Å². The molecule has 0 saturated heterocycles. The highest BCUT2D eigenvalue weighted by molar-refractivity contribution is 5.17. The zero-order chi connectivity index (χ0) is 25.6. The number of benzene rings is 1. The average molecular weight is 485 g/mol. The molecule has 1 aromatic rings. The van der Waals surface area contributed by atoms with Gasteiger partial charge in [-0.1, -0.05) is 57.9 Å². The molecule has 1 atom stereocenters. The van der Waals surface area contributed by atoms with Crippen molar-refractivity contribution in [1.29, 1.82) is 0 Å². The lowest BCUT2D eigenvalue weighted by Gasteiger charge is -2.43. The number of halogens is 2. The smallest absolute Gasteiger partial charge is 0.286 e. The lowest BCUT2D eigenvalue weighted by Crippen LogP contribution is -2.50. The molecule has 0 saturated carbocycles. The first-order valence-electron chi connectivity index (χ1n) is 13.6. The van der Waals surface area contributed by atoms with Crippen molar-refractivity contribution in [2.45, 2.75) is 143 Å². The van der Waals surface area contributed by atoms with Crippen LogP contribution in [0.1, 0.15) is 118 Å². The van der Waals surface area contributed by atoms with Crippen LogP contribution in [0.5, 0.6) is 0 Å². The molecule has 0 radical (unpaired) electrons. The summed E-state index contributed by atoms with van der Waals surface area (Å²) >= 11 is 0. The van der Waals surface area contributed by atoms with Gasteiger partial charge in [-0.25, -0.2) is 8.78 Å². The second-order valence-corrected chi connectivity index (χ2v) is 10.4. The topological polar surface area (TPSA) is 27.7 Å². The summed E-state index contributed by atoms with van der Waals surface area (Å²) in [5.41, 5.74) is 0.827. The van der Waals surface area contributed by atoms with Crippen LogP contribution < -0.4 is 0 Å². The molecule has 0 fully saturated rings. The van der Waals surface area contributed by atoms with Gasteiger partial charge < -0.3 is 14.2 Å². The molecular weight excluding hydrogens is 434 g/mol. The molecule has 3 nitrogen and oxygen atoms in total. The Balaban J connectivity index is 2.92. The van der Waals surface area contributed by atoms with Crippen LogP contribution in [0.4, 0.5) is 8.78 Å². The van der Waals surface area contributed by atoms with E-state index in [9.17, 15) is 8.78 Å². The highest BCUT2D eigenvalue weighted by Gasteiger charge is 2.44. The Bertz CT molecular complexity index is 634. The van der Waals surface area contributed by atoms with Crippen molar-refractivity contribution in [3.63, 3.8) is 0 Å². The second kappa shape index (κ2) is 16.6. The summed E-state index contributed by atoms with van der Waals surface area (Å²) in [6.07, 6.45) is 11.7. The zero-order valence-electron chi connectivity index (χ0n) is 22.8. The fourth-order valence-electron chi connectivity index (χ4n) is 4.44. The zero-order valence-corrected chi connectivity index (χ0v) is 22.8. The molecule has 1 unspecified atom stereocenters. The summed E-state index contributed by atoms with van der Waals surface area (Å²) in [6, 6.07) is 4.18.